The lowest BCUT2D eigenvalue weighted by molar-refractivity contribution is 0.411. The van der Waals surface area contributed by atoms with Crippen LogP contribution in [0.5, 0.6) is 5.75 Å². The Morgan fingerprint density at radius 1 is 1.08 bits per heavy atom. The van der Waals surface area contributed by atoms with Crippen LogP contribution >= 0.6 is 0 Å². The third-order valence-corrected chi connectivity index (χ3v) is 3.87. The Labute approximate surface area is 151 Å². The number of pyridine rings is 1. The number of nitrogens with zero attached hydrogens (tertiary/aromatic N) is 1. The van der Waals surface area contributed by atoms with Gasteiger partial charge in [0.15, 0.2) is 0 Å². The first-order valence-corrected chi connectivity index (χ1v) is 8.21. The maximum Gasteiger partial charge on any atom is 0.141 e. The van der Waals surface area contributed by atoms with Crippen LogP contribution in [0.1, 0.15) is 60.1 Å². The van der Waals surface area contributed by atoms with Crippen LogP contribution in [-0.2, 0) is 12.0 Å². The molecule has 0 aliphatic carbocycles. The van der Waals surface area contributed by atoms with E-state index in [1.165, 1.54) is 12.3 Å². The Morgan fingerprint density at radius 2 is 1.72 bits per heavy atom. The van der Waals surface area contributed by atoms with Crippen molar-refractivity contribution in [2.75, 3.05) is 0 Å². The summed E-state index contributed by atoms with van der Waals surface area (Å²) in [4.78, 5) is 4.13. The monoisotopic (exact) mass is 346 g/mol. The number of phenolic OH excluding ortho intramolecular Hbond substituents is 1. The van der Waals surface area contributed by atoms with E-state index in [1.807, 2.05) is 12.1 Å². The molecule has 4 heteroatoms. The molecule has 0 saturated carbocycles. The van der Waals surface area contributed by atoms with Crippen LogP contribution in [0.3, 0.4) is 0 Å². The predicted octanol–water partition coefficient (Wildman–Crippen LogP) is 5.42. The first-order chi connectivity index (χ1) is 11.0. The maximum atomic E-state index is 13.2. The zero-order valence-corrected chi connectivity index (χ0v) is 15.4. The van der Waals surface area contributed by atoms with Gasteiger partial charge in [0.2, 0.25) is 0 Å². The molecule has 0 saturated heterocycles. The minimum atomic E-state index is -0.389. The molecule has 1 aromatic heterocycles. The van der Waals surface area contributed by atoms with Crippen molar-refractivity contribution in [2.24, 2.45) is 0 Å². The molecule has 1 heterocycles. The minimum absolute atomic E-state index is 0. The molecule has 0 aliphatic heterocycles. The number of aromatic hydroxyl groups is 1. The SMILES string of the molecule is C.CC(C)(C)NCc1cc(C(C)(C)C)cc(-c2ccc(F)cn2)c1O. The summed E-state index contributed by atoms with van der Waals surface area (Å²) in [5, 5.41) is 14.1. The van der Waals surface area contributed by atoms with Gasteiger partial charge in [-0.05, 0) is 49.9 Å². The van der Waals surface area contributed by atoms with Crippen molar-refractivity contribution in [3.05, 3.63) is 47.4 Å². The number of halogens is 1. The second-order valence-corrected chi connectivity index (χ2v) is 8.25. The fourth-order valence-corrected chi connectivity index (χ4v) is 2.35. The first kappa shape index (κ1) is 21.1. The number of nitrogens with one attached hydrogen (secondary N) is 1. The lowest BCUT2D eigenvalue weighted by Gasteiger charge is -2.25. The van der Waals surface area contributed by atoms with Crippen molar-refractivity contribution >= 4 is 0 Å². The van der Waals surface area contributed by atoms with Gasteiger partial charge in [0.1, 0.15) is 11.6 Å². The van der Waals surface area contributed by atoms with E-state index in [2.05, 4.69) is 51.8 Å². The zero-order chi connectivity index (χ0) is 18.1. The molecule has 0 spiro atoms. The molecular formula is C21H31FN2O. The molecule has 3 nitrogen and oxygen atoms in total. The number of hydrogen-bond donors (Lipinski definition) is 2. The Morgan fingerprint density at radius 3 is 2.20 bits per heavy atom. The van der Waals surface area contributed by atoms with Gasteiger partial charge in [0.05, 0.1) is 11.9 Å². The summed E-state index contributed by atoms with van der Waals surface area (Å²) in [7, 11) is 0. The summed E-state index contributed by atoms with van der Waals surface area (Å²) >= 11 is 0. The number of phenols is 1. The van der Waals surface area contributed by atoms with Gasteiger partial charge >= 0.3 is 0 Å². The smallest absolute Gasteiger partial charge is 0.141 e. The average molecular weight is 346 g/mol. The highest BCUT2D eigenvalue weighted by atomic mass is 19.1. The number of benzene rings is 1. The molecular weight excluding hydrogens is 315 g/mol. The highest BCUT2D eigenvalue weighted by molar-refractivity contribution is 5.70. The lowest BCUT2D eigenvalue weighted by atomic mass is 9.84. The van der Waals surface area contributed by atoms with Crippen molar-refractivity contribution in [3.8, 4) is 17.0 Å². The molecule has 0 fully saturated rings. The fraction of sp³-hybridized carbons (Fsp3) is 0.476. The Hall–Kier alpha value is -1.94. The van der Waals surface area contributed by atoms with Crippen LogP contribution in [0.25, 0.3) is 11.3 Å². The van der Waals surface area contributed by atoms with Gasteiger partial charge < -0.3 is 10.4 Å². The second-order valence-electron chi connectivity index (χ2n) is 8.25. The Balaban J connectivity index is 0.00000312. The topological polar surface area (TPSA) is 45.2 Å². The van der Waals surface area contributed by atoms with Gasteiger partial charge in [-0.3, -0.25) is 4.98 Å². The Kier molecular flexibility index (Phi) is 6.35. The normalized spacial score (nSPS) is 12.0. The summed E-state index contributed by atoms with van der Waals surface area (Å²) in [6.07, 6.45) is 1.17. The molecule has 2 rings (SSSR count). The molecule has 25 heavy (non-hydrogen) atoms. The molecule has 2 N–H and O–H groups in total. The lowest BCUT2D eigenvalue weighted by Crippen LogP contribution is -2.35. The molecule has 1 aromatic carbocycles. The fourth-order valence-electron chi connectivity index (χ4n) is 2.35. The van der Waals surface area contributed by atoms with Crippen molar-refractivity contribution in [1.29, 1.82) is 0 Å². The van der Waals surface area contributed by atoms with Crippen LogP contribution in [0, 0.1) is 5.82 Å². The summed E-state index contributed by atoms with van der Waals surface area (Å²) in [6, 6.07) is 6.92. The van der Waals surface area contributed by atoms with E-state index >= 15 is 0 Å². The summed E-state index contributed by atoms with van der Waals surface area (Å²) in [6.45, 7) is 13.2. The quantitative estimate of drug-likeness (QED) is 0.780. The van der Waals surface area contributed by atoms with Gasteiger partial charge in [-0.2, -0.15) is 0 Å². The van der Waals surface area contributed by atoms with Crippen molar-refractivity contribution in [3.63, 3.8) is 0 Å². The van der Waals surface area contributed by atoms with Crippen LogP contribution < -0.4 is 5.32 Å². The molecule has 0 atom stereocenters. The van der Waals surface area contributed by atoms with E-state index in [0.29, 0.717) is 17.8 Å². The zero-order valence-electron chi connectivity index (χ0n) is 15.4. The van der Waals surface area contributed by atoms with Crippen molar-refractivity contribution in [1.82, 2.24) is 10.3 Å². The van der Waals surface area contributed by atoms with Gasteiger partial charge in [0, 0.05) is 23.2 Å². The first-order valence-electron chi connectivity index (χ1n) is 8.21. The number of hydrogen-bond acceptors (Lipinski definition) is 3. The number of rotatable bonds is 3. The third kappa shape index (κ3) is 5.53. The van der Waals surface area contributed by atoms with E-state index in [-0.39, 0.29) is 29.9 Å². The van der Waals surface area contributed by atoms with Gasteiger partial charge in [-0.15, -0.1) is 0 Å². The summed E-state index contributed by atoms with van der Waals surface area (Å²) in [5.74, 6) is -0.196. The highest BCUT2D eigenvalue weighted by Gasteiger charge is 2.21. The standard InChI is InChI=1S/C20H27FN2O.CH4/c1-19(2,3)14-9-13(11-23-20(4,5)6)18(24)16(10-14)17-8-7-15(21)12-22-17;/h7-10,12,23-24H,11H2,1-6H3;1H4. The van der Waals surface area contributed by atoms with Gasteiger partial charge in [-0.1, -0.05) is 34.3 Å². The predicted molar refractivity (Wildman–Crippen MR) is 103 cm³/mol. The minimum Gasteiger partial charge on any atom is -0.507 e. The Bertz CT molecular complexity index is 710. The second kappa shape index (κ2) is 7.52. The largest absolute Gasteiger partial charge is 0.507 e. The molecule has 138 valence electrons. The molecule has 0 amide bonds. The van der Waals surface area contributed by atoms with E-state index in [1.54, 1.807) is 6.07 Å². The van der Waals surface area contributed by atoms with Crippen LogP contribution in [0.4, 0.5) is 4.39 Å². The maximum absolute atomic E-state index is 13.2. The highest BCUT2D eigenvalue weighted by Crippen LogP contribution is 2.36. The van der Waals surface area contributed by atoms with E-state index in [4.69, 9.17) is 0 Å². The summed E-state index contributed by atoms with van der Waals surface area (Å²) < 4.78 is 13.2. The van der Waals surface area contributed by atoms with Crippen LogP contribution in [-0.4, -0.2) is 15.6 Å². The number of aromatic nitrogens is 1. The van der Waals surface area contributed by atoms with Crippen LogP contribution in [0.15, 0.2) is 30.5 Å². The van der Waals surface area contributed by atoms with Gasteiger partial charge in [0.25, 0.3) is 0 Å². The molecule has 2 aromatic rings. The van der Waals surface area contributed by atoms with E-state index in [0.717, 1.165) is 11.1 Å². The average Bonchev–Trinajstić information content (AvgIpc) is 2.45. The molecule has 0 aliphatic rings. The van der Waals surface area contributed by atoms with E-state index in [9.17, 15) is 9.50 Å². The molecule has 0 bridgehead atoms. The van der Waals surface area contributed by atoms with Gasteiger partial charge in [-0.25, -0.2) is 4.39 Å². The van der Waals surface area contributed by atoms with Crippen LogP contribution in [0.2, 0.25) is 0 Å². The molecule has 0 radical (unpaired) electrons. The third-order valence-electron chi connectivity index (χ3n) is 3.87. The summed E-state index contributed by atoms with van der Waals surface area (Å²) in [5.41, 5.74) is 2.99. The van der Waals surface area contributed by atoms with Crippen molar-refractivity contribution in [2.45, 2.75) is 66.5 Å². The molecule has 0 unspecified atom stereocenters. The van der Waals surface area contributed by atoms with E-state index < -0.39 is 0 Å². The van der Waals surface area contributed by atoms with Crippen molar-refractivity contribution < 1.29 is 9.50 Å².